The predicted molar refractivity (Wildman–Crippen MR) is 96.5 cm³/mol. The van der Waals surface area contributed by atoms with Crippen molar-refractivity contribution < 1.29 is 19.4 Å². The van der Waals surface area contributed by atoms with Gasteiger partial charge >= 0.3 is 11.9 Å². The number of carboxylic acids is 1. The number of carboxylic acid groups (broad SMARTS) is 1. The molecule has 1 unspecified atom stereocenters. The normalized spacial score (nSPS) is 17.4. The zero-order valence-electron chi connectivity index (χ0n) is 14.2. The quantitative estimate of drug-likeness (QED) is 0.587. The number of esters is 1. The number of hydrogen-bond donors (Lipinski definition) is 1. The number of aliphatic carboxylic acids is 1. The average Bonchev–Trinajstić information content (AvgIpc) is 2.57. The summed E-state index contributed by atoms with van der Waals surface area (Å²) in [5.41, 5.74) is 0.339. The van der Waals surface area contributed by atoms with Crippen molar-refractivity contribution in [2.24, 2.45) is 5.29 Å². The molecule has 138 valence electrons. The summed E-state index contributed by atoms with van der Waals surface area (Å²) in [6.45, 7) is 4.61. The van der Waals surface area contributed by atoms with Crippen LogP contribution in [0.1, 0.15) is 32.3 Å². The third kappa shape index (κ3) is 3.32. The van der Waals surface area contributed by atoms with E-state index in [4.69, 9.17) is 27.9 Å². The van der Waals surface area contributed by atoms with Gasteiger partial charge in [0.15, 0.2) is 0 Å². The maximum Gasteiger partial charge on any atom is 0.336 e. The van der Waals surface area contributed by atoms with E-state index in [1.54, 1.807) is 25.1 Å². The van der Waals surface area contributed by atoms with Crippen molar-refractivity contribution in [2.75, 3.05) is 6.61 Å². The van der Waals surface area contributed by atoms with E-state index in [9.17, 15) is 19.6 Å². The van der Waals surface area contributed by atoms with Crippen LogP contribution < -0.4 is 0 Å². The molecule has 0 fully saturated rings. The number of nitrogens with zero attached hydrogens (tertiary/aromatic N) is 2. The molecular formula is C17H16Cl2N2O5. The fourth-order valence-corrected chi connectivity index (χ4v) is 3.39. The lowest BCUT2D eigenvalue weighted by atomic mass is 9.80. The Balaban J connectivity index is 2.85. The highest BCUT2D eigenvalue weighted by atomic mass is 35.5. The van der Waals surface area contributed by atoms with Gasteiger partial charge in [-0.25, -0.2) is 14.6 Å². The van der Waals surface area contributed by atoms with Gasteiger partial charge in [-0.05, 0) is 32.4 Å². The lowest BCUT2D eigenvalue weighted by molar-refractivity contribution is -0.139. The van der Waals surface area contributed by atoms with Crippen molar-refractivity contribution in [3.63, 3.8) is 0 Å². The van der Waals surface area contributed by atoms with Crippen LogP contribution in [0.5, 0.6) is 0 Å². The molecule has 0 amide bonds. The van der Waals surface area contributed by atoms with Crippen LogP contribution in [0, 0.1) is 4.91 Å². The molecule has 0 aliphatic carbocycles. The lowest BCUT2D eigenvalue weighted by Crippen LogP contribution is -2.32. The number of rotatable bonds is 5. The molecule has 1 aliphatic heterocycles. The molecule has 1 N–H and O–H groups in total. The van der Waals surface area contributed by atoms with Gasteiger partial charge in [-0.2, -0.15) is 0 Å². The molecule has 1 heterocycles. The second-order valence-corrected chi connectivity index (χ2v) is 6.28. The predicted octanol–water partition coefficient (Wildman–Crippen LogP) is 4.27. The highest BCUT2D eigenvalue weighted by Crippen LogP contribution is 2.45. The number of carbonyl (C=O) groups is 2. The van der Waals surface area contributed by atoms with E-state index in [1.165, 1.54) is 13.8 Å². The van der Waals surface area contributed by atoms with Crippen molar-refractivity contribution in [2.45, 2.75) is 26.7 Å². The first kappa shape index (κ1) is 19.9. The number of allylic oxidation sites excluding steroid dienone is 2. The van der Waals surface area contributed by atoms with Crippen LogP contribution in [0.4, 0.5) is 0 Å². The zero-order chi connectivity index (χ0) is 19.6. The molecular weight excluding hydrogens is 383 g/mol. The van der Waals surface area contributed by atoms with Crippen molar-refractivity contribution in [1.82, 2.24) is 5.01 Å². The van der Waals surface area contributed by atoms with E-state index in [2.05, 4.69) is 5.29 Å². The molecule has 0 saturated heterocycles. The monoisotopic (exact) mass is 398 g/mol. The Morgan fingerprint density at radius 3 is 2.38 bits per heavy atom. The molecule has 1 aromatic carbocycles. The Morgan fingerprint density at radius 1 is 1.23 bits per heavy atom. The number of nitroso groups, excluding NO2 is 1. The molecule has 1 atom stereocenters. The van der Waals surface area contributed by atoms with Crippen LogP contribution in [0.25, 0.3) is 0 Å². The third-order valence-corrected chi connectivity index (χ3v) is 4.93. The summed E-state index contributed by atoms with van der Waals surface area (Å²) in [7, 11) is 0. The van der Waals surface area contributed by atoms with Crippen LogP contribution in [-0.4, -0.2) is 28.7 Å². The minimum atomic E-state index is -1.31. The minimum Gasteiger partial charge on any atom is -0.478 e. The summed E-state index contributed by atoms with van der Waals surface area (Å²) in [6, 6.07) is 4.72. The minimum absolute atomic E-state index is 0.0291. The third-order valence-electron chi connectivity index (χ3n) is 4.09. The summed E-state index contributed by atoms with van der Waals surface area (Å²) in [4.78, 5) is 35.8. The van der Waals surface area contributed by atoms with Crippen LogP contribution >= 0.6 is 23.2 Å². The fourth-order valence-electron chi connectivity index (χ4n) is 2.97. The van der Waals surface area contributed by atoms with Gasteiger partial charge < -0.3 is 9.84 Å². The first-order valence-electron chi connectivity index (χ1n) is 7.65. The van der Waals surface area contributed by atoms with E-state index in [1.807, 2.05) is 0 Å². The van der Waals surface area contributed by atoms with Gasteiger partial charge in [0.1, 0.15) is 0 Å². The first-order chi connectivity index (χ1) is 12.3. The molecule has 1 aliphatic rings. The number of hydrogen-bond acceptors (Lipinski definition) is 5. The lowest BCUT2D eigenvalue weighted by Gasteiger charge is -2.33. The van der Waals surface area contributed by atoms with Gasteiger partial charge in [-0.15, -0.1) is 4.91 Å². The summed E-state index contributed by atoms with van der Waals surface area (Å²) < 4.78 is 5.07. The molecule has 0 radical (unpaired) electrons. The van der Waals surface area contributed by atoms with Crippen molar-refractivity contribution in [3.05, 3.63) is 61.3 Å². The summed E-state index contributed by atoms with van der Waals surface area (Å²) in [6.07, 6.45) is 0. The van der Waals surface area contributed by atoms with Crippen molar-refractivity contribution in [1.29, 1.82) is 0 Å². The summed E-state index contributed by atoms with van der Waals surface area (Å²) in [5.74, 6) is -3.13. The maximum atomic E-state index is 12.6. The molecule has 0 spiro atoms. The summed E-state index contributed by atoms with van der Waals surface area (Å²) in [5, 5.41) is 13.8. The summed E-state index contributed by atoms with van der Waals surface area (Å²) >= 11 is 12.4. The molecule has 0 bridgehead atoms. The Morgan fingerprint density at radius 2 is 1.85 bits per heavy atom. The second kappa shape index (κ2) is 7.88. The van der Waals surface area contributed by atoms with Crippen LogP contribution in [-0.2, 0) is 14.3 Å². The van der Waals surface area contributed by atoms with Gasteiger partial charge in [0.05, 0.1) is 50.4 Å². The van der Waals surface area contributed by atoms with Gasteiger partial charge in [0, 0.05) is 0 Å². The van der Waals surface area contributed by atoms with E-state index in [0.29, 0.717) is 5.56 Å². The van der Waals surface area contributed by atoms with Gasteiger partial charge in [0.25, 0.3) is 0 Å². The SMILES string of the molecule is CCOC(=O)C1=C(C)N(N=O)C(C)=C(C(=O)O)C1c1cccc(Cl)c1Cl. The topological polar surface area (TPSA) is 96.3 Å². The Kier molecular flexibility index (Phi) is 6.05. The van der Waals surface area contributed by atoms with Gasteiger partial charge in [0.2, 0.25) is 0 Å². The average molecular weight is 399 g/mol. The fraction of sp³-hybridized carbons (Fsp3) is 0.294. The highest BCUT2D eigenvalue weighted by molar-refractivity contribution is 6.42. The smallest absolute Gasteiger partial charge is 0.336 e. The number of halogens is 2. The van der Waals surface area contributed by atoms with Crippen LogP contribution in [0.15, 0.2) is 46.0 Å². The Bertz CT molecular complexity index is 848. The molecule has 1 aromatic rings. The second-order valence-electron chi connectivity index (χ2n) is 5.49. The van der Waals surface area contributed by atoms with E-state index in [-0.39, 0.29) is 39.2 Å². The van der Waals surface area contributed by atoms with E-state index >= 15 is 0 Å². The van der Waals surface area contributed by atoms with Crippen molar-refractivity contribution >= 4 is 35.1 Å². The highest BCUT2D eigenvalue weighted by Gasteiger charge is 2.41. The zero-order valence-corrected chi connectivity index (χ0v) is 15.8. The molecule has 0 saturated carbocycles. The van der Waals surface area contributed by atoms with Crippen LogP contribution in [0.3, 0.4) is 0 Å². The molecule has 7 nitrogen and oxygen atoms in total. The molecule has 2 rings (SSSR count). The standard InChI is InChI=1S/C17H16Cl2N2O5/c1-4-26-17(24)13-9(3)21(20-25)8(2)12(16(22)23)14(13)10-6-5-7-11(18)15(10)19/h5-7,14H,4H2,1-3H3,(H,22,23). The van der Waals surface area contributed by atoms with Gasteiger partial charge in [-0.1, -0.05) is 35.3 Å². The Labute approximate surface area is 159 Å². The van der Waals surface area contributed by atoms with Crippen molar-refractivity contribution in [3.8, 4) is 0 Å². The Hall–Kier alpha value is -2.38. The maximum absolute atomic E-state index is 12.6. The molecule has 26 heavy (non-hydrogen) atoms. The van der Waals surface area contributed by atoms with Gasteiger partial charge in [-0.3, -0.25) is 0 Å². The molecule has 0 aromatic heterocycles. The van der Waals surface area contributed by atoms with E-state index < -0.39 is 17.9 Å². The largest absolute Gasteiger partial charge is 0.478 e. The van der Waals surface area contributed by atoms with Crippen LogP contribution in [0.2, 0.25) is 10.0 Å². The number of benzene rings is 1. The van der Waals surface area contributed by atoms with E-state index in [0.717, 1.165) is 5.01 Å². The number of carbonyl (C=O) groups excluding carboxylic acids is 1. The number of ether oxygens (including phenoxy) is 1. The first-order valence-corrected chi connectivity index (χ1v) is 8.41. The molecule has 9 heteroatoms.